The van der Waals surface area contributed by atoms with Crippen LogP contribution in [0.4, 0.5) is 0 Å². The van der Waals surface area contributed by atoms with Gasteiger partial charge in [0.25, 0.3) is 0 Å². The predicted octanol–water partition coefficient (Wildman–Crippen LogP) is 2.77. The number of hydrogen-bond acceptors (Lipinski definition) is 2. The lowest BCUT2D eigenvalue weighted by Crippen LogP contribution is -2.47. The van der Waals surface area contributed by atoms with Crippen LogP contribution in [0.25, 0.3) is 5.69 Å². The SMILES string of the molecule is [CH2]C(O)(c1cnn(-c2ccccc2)c1)[Si](C)(C)C. The molecule has 0 saturated heterocycles. The van der Waals surface area contributed by atoms with Crippen molar-refractivity contribution in [2.45, 2.75) is 24.9 Å². The van der Waals surface area contributed by atoms with Crippen LogP contribution in [-0.4, -0.2) is 23.0 Å². The van der Waals surface area contributed by atoms with Crippen molar-refractivity contribution in [3.63, 3.8) is 0 Å². The second kappa shape index (κ2) is 4.37. The third kappa shape index (κ3) is 2.26. The van der Waals surface area contributed by atoms with Crippen molar-refractivity contribution in [3.8, 4) is 5.69 Å². The van der Waals surface area contributed by atoms with Crippen LogP contribution in [0, 0.1) is 6.92 Å². The molecule has 1 radical (unpaired) electrons. The van der Waals surface area contributed by atoms with Crippen molar-refractivity contribution >= 4 is 8.07 Å². The lowest BCUT2D eigenvalue weighted by molar-refractivity contribution is 0.164. The first-order valence-electron chi connectivity index (χ1n) is 6.01. The van der Waals surface area contributed by atoms with Gasteiger partial charge in [0.15, 0.2) is 0 Å². The topological polar surface area (TPSA) is 38.1 Å². The van der Waals surface area contributed by atoms with Gasteiger partial charge in [-0.2, -0.15) is 5.10 Å². The van der Waals surface area contributed by atoms with Crippen LogP contribution < -0.4 is 0 Å². The molecule has 1 aromatic carbocycles. The van der Waals surface area contributed by atoms with Crippen LogP contribution in [-0.2, 0) is 5.22 Å². The summed E-state index contributed by atoms with van der Waals surface area (Å²) in [6, 6.07) is 9.85. The van der Waals surface area contributed by atoms with Gasteiger partial charge in [0.2, 0.25) is 0 Å². The zero-order valence-electron chi connectivity index (χ0n) is 11.1. The van der Waals surface area contributed by atoms with Crippen LogP contribution in [0.1, 0.15) is 5.56 Å². The fraction of sp³-hybridized carbons (Fsp3) is 0.286. The number of nitrogens with zero attached hydrogens (tertiary/aromatic N) is 2. The molecule has 3 nitrogen and oxygen atoms in total. The molecule has 0 aliphatic heterocycles. The molecule has 0 aliphatic rings. The van der Waals surface area contributed by atoms with Crippen LogP contribution in [0.15, 0.2) is 42.7 Å². The van der Waals surface area contributed by atoms with Gasteiger partial charge >= 0.3 is 0 Å². The summed E-state index contributed by atoms with van der Waals surface area (Å²) in [5.74, 6) is 0. The summed E-state index contributed by atoms with van der Waals surface area (Å²) >= 11 is 0. The fourth-order valence-electron chi connectivity index (χ4n) is 1.69. The number of aliphatic hydroxyl groups is 1. The number of benzene rings is 1. The van der Waals surface area contributed by atoms with Gasteiger partial charge in [0.05, 0.1) is 25.2 Å². The van der Waals surface area contributed by atoms with E-state index in [1.54, 1.807) is 10.9 Å². The highest BCUT2D eigenvalue weighted by atomic mass is 28.3. The summed E-state index contributed by atoms with van der Waals surface area (Å²) in [4.78, 5) is 0. The van der Waals surface area contributed by atoms with E-state index >= 15 is 0 Å². The summed E-state index contributed by atoms with van der Waals surface area (Å²) in [6.07, 6.45) is 3.57. The molecule has 0 bridgehead atoms. The summed E-state index contributed by atoms with van der Waals surface area (Å²) in [6.45, 7) is 10.3. The van der Waals surface area contributed by atoms with E-state index in [0.717, 1.165) is 11.3 Å². The van der Waals surface area contributed by atoms with Crippen LogP contribution >= 0.6 is 0 Å². The molecule has 0 aliphatic carbocycles. The van der Waals surface area contributed by atoms with E-state index in [0.29, 0.717) is 0 Å². The first-order chi connectivity index (χ1) is 8.32. The van der Waals surface area contributed by atoms with E-state index in [4.69, 9.17) is 0 Å². The van der Waals surface area contributed by atoms with E-state index in [9.17, 15) is 5.11 Å². The number of para-hydroxylation sites is 1. The molecule has 1 heterocycles. The highest BCUT2D eigenvalue weighted by molar-refractivity contribution is 6.78. The Morgan fingerprint density at radius 3 is 2.39 bits per heavy atom. The fourth-order valence-corrected chi connectivity index (χ4v) is 2.69. The van der Waals surface area contributed by atoms with Gasteiger partial charge in [-0.15, -0.1) is 0 Å². The number of rotatable bonds is 3. The maximum Gasteiger partial charge on any atom is 0.0879 e. The van der Waals surface area contributed by atoms with Gasteiger partial charge in [-0.05, 0) is 19.1 Å². The largest absolute Gasteiger partial charge is 0.389 e. The minimum absolute atomic E-state index is 0.783. The second-order valence-corrected chi connectivity index (χ2v) is 10.9. The van der Waals surface area contributed by atoms with Crippen molar-refractivity contribution in [3.05, 3.63) is 55.2 Å². The highest BCUT2D eigenvalue weighted by Crippen LogP contribution is 2.30. The average Bonchev–Trinajstić information content (AvgIpc) is 2.78. The summed E-state index contributed by atoms with van der Waals surface area (Å²) < 4.78 is 1.77. The molecule has 0 amide bonds. The van der Waals surface area contributed by atoms with Crippen molar-refractivity contribution in [1.82, 2.24) is 9.78 Å². The van der Waals surface area contributed by atoms with Crippen LogP contribution in [0.5, 0.6) is 0 Å². The predicted molar refractivity (Wildman–Crippen MR) is 76.2 cm³/mol. The Bertz CT molecular complexity index is 526. The van der Waals surface area contributed by atoms with Gasteiger partial charge in [-0.1, -0.05) is 37.8 Å². The maximum atomic E-state index is 10.6. The van der Waals surface area contributed by atoms with E-state index in [1.807, 2.05) is 36.5 Å². The van der Waals surface area contributed by atoms with Gasteiger partial charge in [-0.3, -0.25) is 0 Å². The second-order valence-electron chi connectivity index (χ2n) is 5.62. The Labute approximate surface area is 109 Å². The quantitative estimate of drug-likeness (QED) is 0.861. The lowest BCUT2D eigenvalue weighted by atomic mass is 10.2. The van der Waals surface area contributed by atoms with E-state index in [1.165, 1.54) is 0 Å². The van der Waals surface area contributed by atoms with Crippen LogP contribution in [0.2, 0.25) is 19.6 Å². The summed E-state index contributed by atoms with van der Waals surface area (Å²) in [7, 11) is -1.82. The molecule has 2 rings (SSSR count). The molecule has 1 atom stereocenters. The minimum Gasteiger partial charge on any atom is -0.389 e. The number of hydrogen-bond donors (Lipinski definition) is 1. The Hall–Kier alpha value is -1.39. The van der Waals surface area contributed by atoms with Crippen molar-refractivity contribution in [2.75, 3.05) is 0 Å². The third-order valence-electron chi connectivity index (χ3n) is 3.32. The normalized spacial score (nSPS) is 15.4. The molecule has 1 unspecified atom stereocenters. The molecule has 1 aromatic heterocycles. The molecule has 95 valence electrons. The van der Waals surface area contributed by atoms with Gasteiger partial charge in [0, 0.05) is 11.8 Å². The average molecular weight is 259 g/mol. The van der Waals surface area contributed by atoms with Gasteiger partial charge in [-0.25, -0.2) is 4.68 Å². The first-order valence-corrected chi connectivity index (χ1v) is 9.51. The third-order valence-corrected chi connectivity index (χ3v) is 6.09. The maximum absolute atomic E-state index is 10.6. The van der Waals surface area contributed by atoms with Crippen molar-refractivity contribution in [2.24, 2.45) is 0 Å². The Kier molecular flexibility index (Phi) is 3.17. The van der Waals surface area contributed by atoms with Gasteiger partial charge in [0.1, 0.15) is 0 Å². The van der Waals surface area contributed by atoms with Gasteiger partial charge < -0.3 is 5.11 Å². The molecule has 2 aromatic rings. The Balaban J connectivity index is 2.38. The van der Waals surface area contributed by atoms with E-state index in [-0.39, 0.29) is 0 Å². The highest BCUT2D eigenvalue weighted by Gasteiger charge is 2.39. The van der Waals surface area contributed by atoms with E-state index in [2.05, 4.69) is 31.7 Å². The summed E-state index contributed by atoms with van der Waals surface area (Å²) in [5, 5.41) is 13.9. The molecule has 0 fully saturated rings. The monoisotopic (exact) mass is 259 g/mol. The smallest absolute Gasteiger partial charge is 0.0879 e. The molecule has 4 heteroatoms. The zero-order valence-corrected chi connectivity index (χ0v) is 12.1. The Morgan fingerprint density at radius 2 is 1.83 bits per heavy atom. The molecule has 0 spiro atoms. The first kappa shape index (κ1) is 13.0. The molecule has 1 N–H and O–H groups in total. The van der Waals surface area contributed by atoms with Crippen LogP contribution in [0.3, 0.4) is 0 Å². The standard InChI is InChI=1S/C14H19N2OSi/c1-14(17,18(2,3)4)12-10-15-16(11-12)13-8-6-5-7-9-13/h5-11,17H,1H2,2-4H3. The molecule has 18 heavy (non-hydrogen) atoms. The zero-order chi connectivity index (χ0) is 13.4. The van der Waals surface area contributed by atoms with Crippen molar-refractivity contribution in [1.29, 1.82) is 0 Å². The Morgan fingerprint density at radius 1 is 1.22 bits per heavy atom. The molecule has 0 saturated carbocycles. The minimum atomic E-state index is -1.82. The summed E-state index contributed by atoms with van der Waals surface area (Å²) in [5.41, 5.74) is 1.76. The lowest BCUT2D eigenvalue weighted by Gasteiger charge is -2.34. The van der Waals surface area contributed by atoms with Crippen molar-refractivity contribution < 1.29 is 5.11 Å². The molecular weight excluding hydrogens is 240 g/mol. The van der Waals surface area contributed by atoms with E-state index < -0.39 is 13.3 Å². The molecular formula is C14H19N2OSi. The number of aromatic nitrogens is 2.